The lowest BCUT2D eigenvalue weighted by molar-refractivity contribution is 0.102. The summed E-state index contributed by atoms with van der Waals surface area (Å²) in [6.45, 7) is 3.77. The summed E-state index contributed by atoms with van der Waals surface area (Å²) in [5.41, 5.74) is 1.56. The number of aryl methyl sites for hydroxylation is 1. The van der Waals surface area contributed by atoms with Gasteiger partial charge in [-0.05, 0) is 19.2 Å². The number of pyridine rings is 2. The zero-order valence-corrected chi connectivity index (χ0v) is 16.1. The number of carbonyl (C=O) groups excluding carboxylic acids is 1. The Morgan fingerprint density at radius 1 is 1.04 bits per heavy atom. The third-order valence-electron chi connectivity index (χ3n) is 5.23. The number of anilines is 2. The molecule has 7 nitrogen and oxygen atoms in total. The van der Waals surface area contributed by atoms with Crippen molar-refractivity contribution in [3.8, 4) is 0 Å². The number of rotatable bonds is 3. The Bertz CT molecular complexity index is 1080. The van der Waals surface area contributed by atoms with Gasteiger partial charge in [0.25, 0.3) is 11.5 Å². The number of carbonyl (C=O) groups is 1. The molecule has 1 amide bonds. The van der Waals surface area contributed by atoms with Gasteiger partial charge in [-0.2, -0.15) is 0 Å². The molecule has 1 fully saturated rings. The van der Waals surface area contributed by atoms with Crippen LogP contribution in [0.3, 0.4) is 0 Å². The van der Waals surface area contributed by atoms with Crippen molar-refractivity contribution < 1.29 is 4.79 Å². The van der Waals surface area contributed by atoms with Crippen molar-refractivity contribution in [3.63, 3.8) is 0 Å². The maximum atomic E-state index is 12.9. The first-order valence-corrected chi connectivity index (χ1v) is 9.32. The molecule has 0 radical (unpaired) electrons. The van der Waals surface area contributed by atoms with Gasteiger partial charge in [-0.15, -0.1) is 0 Å². The fourth-order valence-corrected chi connectivity index (χ4v) is 3.50. The number of amides is 1. The van der Waals surface area contributed by atoms with Crippen molar-refractivity contribution in [2.75, 3.05) is 43.4 Å². The molecule has 0 atom stereocenters. The van der Waals surface area contributed by atoms with E-state index in [-0.39, 0.29) is 11.5 Å². The van der Waals surface area contributed by atoms with Gasteiger partial charge in [0.05, 0.1) is 11.1 Å². The predicted octanol–water partition coefficient (Wildman–Crippen LogP) is 1.94. The zero-order chi connectivity index (χ0) is 19.7. The lowest BCUT2D eigenvalue weighted by atomic mass is 10.1. The molecule has 3 heterocycles. The van der Waals surface area contributed by atoms with Crippen LogP contribution in [0, 0.1) is 0 Å². The molecule has 1 aliphatic rings. The predicted molar refractivity (Wildman–Crippen MR) is 111 cm³/mol. The second-order valence-electron chi connectivity index (χ2n) is 7.12. The number of hydrogen-bond donors (Lipinski definition) is 1. The van der Waals surface area contributed by atoms with Gasteiger partial charge in [0.2, 0.25) is 0 Å². The molecule has 4 rings (SSSR count). The maximum Gasteiger partial charge on any atom is 0.256 e. The summed E-state index contributed by atoms with van der Waals surface area (Å²) in [5.74, 6) is 0.546. The summed E-state index contributed by atoms with van der Waals surface area (Å²) < 4.78 is 1.55. The molecule has 0 aliphatic carbocycles. The van der Waals surface area contributed by atoms with Gasteiger partial charge in [0, 0.05) is 62.6 Å². The van der Waals surface area contributed by atoms with Crippen LogP contribution in [0.4, 0.5) is 11.5 Å². The summed E-state index contributed by atoms with van der Waals surface area (Å²) in [5, 5.41) is 3.67. The summed E-state index contributed by atoms with van der Waals surface area (Å²) in [6, 6.07) is 12.4. The molecule has 0 saturated carbocycles. The Morgan fingerprint density at radius 3 is 2.57 bits per heavy atom. The van der Waals surface area contributed by atoms with E-state index in [2.05, 4.69) is 27.1 Å². The van der Waals surface area contributed by atoms with Gasteiger partial charge in [0.15, 0.2) is 0 Å². The molecule has 7 heteroatoms. The lowest BCUT2D eigenvalue weighted by Gasteiger charge is -2.33. The van der Waals surface area contributed by atoms with Crippen molar-refractivity contribution in [1.82, 2.24) is 14.5 Å². The van der Waals surface area contributed by atoms with E-state index >= 15 is 0 Å². The van der Waals surface area contributed by atoms with Crippen LogP contribution in [0.15, 0.2) is 53.5 Å². The van der Waals surface area contributed by atoms with Crippen LogP contribution in [-0.2, 0) is 7.05 Å². The smallest absolute Gasteiger partial charge is 0.256 e. The molecule has 28 heavy (non-hydrogen) atoms. The second-order valence-corrected chi connectivity index (χ2v) is 7.12. The van der Waals surface area contributed by atoms with Gasteiger partial charge in [-0.3, -0.25) is 9.59 Å². The first kappa shape index (κ1) is 18.2. The fourth-order valence-electron chi connectivity index (χ4n) is 3.50. The van der Waals surface area contributed by atoms with E-state index < -0.39 is 0 Å². The number of benzene rings is 1. The molecular weight excluding hydrogens is 354 g/mol. The number of para-hydroxylation sites is 1. The number of hydrogen-bond acceptors (Lipinski definition) is 5. The van der Waals surface area contributed by atoms with Crippen LogP contribution < -0.4 is 15.8 Å². The summed E-state index contributed by atoms with van der Waals surface area (Å²) in [4.78, 5) is 34.1. The van der Waals surface area contributed by atoms with E-state index in [9.17, 15) is 9.59 Å². The molecule has 3 aromatic rings. The molecule has 1 aromatic carbocycles. The normalized spacial score (nSPS) is 15.0. The highest BCUT2D eigenvalue weighted by Gasteiger charge is 2.17. The Labute approximate surface area is 163 Å². The summed E-state index contributed by atoms with van der Waals surface area (Å²) in [6.07, 6.45) is 1.70. The van der Waals surface area contributed by atoms with Crippen molar-refractivity contribution in [2.45, 2.75) is 0 Å². The van der Waals surface area contributed by atoms with Crippen LogP contribution >= 0.6 is 0 Å². The van der Waals surface area contributed by atoms with E-state index in [0.717, 1.165) is 42.9 Å². The SMILES string of the molecule is CN1CCN(c2cc(NC(=O)c3cc(=O)n(C)c4ccccc34)ccn2)CC1. The van der Waals surface area contributed by atoms with Gasteiger partial charge < -0.3 is 19.7 Å². The van der Waals surface area contributed by atoms with E-state index in [1.165, 1.54) is 6.07 Å². The van der Waals surface area contributed by atoms with E-state index in [1.807, 2.05) is 30.3 Å². The molecular formula is C21H23N5O2. The first-order chi connectivity index (χ1) is 13.5. The molecule has 0 spiro atoms. The monoisotopic (exact) mass is 377 g/mol. The average Bonchev–Trinajstić information content (AvgIpc) is 2.71. The molecule has 0 bridgehead atoms. The van der Waals surface area contributed by atoms with Crippen molar-refractivity contribution in [2.24, 2.45) is 7.05 Å². The highest BCUT2D eigenvalue weighted by atomic mass is 16.2. The molecule has 1 aliphatic heterocycles. The number of piperazine rings is 1. The van der Waals surface area contributed by atoms with Crippen LogP contribution in [0.25, 0.3) is 10.9 Å². The first-order valence-electron chi connectivity index (χ1n) is 9.32. The minimum Gasteiger partial charge on any atom is -0.354 e. The minimum absolute atomic E-state index is 0.211. The van der Waals surface area contributed by atoms with Crippen LogP contribution in [0.2, 0.25) is 0 Å². The van der Waals surface area contributed by atoms with Crippen LogP contribution in [0.5, 0.6) is 0 Å². The molecule has 2 aromatic heterocycles. The van der Waals surface area contributed by atoms with Gasteiger partial charge in [-0.1, -0.05) is 18.2 Å². The quantitative estimate of drug-likeness (QED) is 0.755. The van der Waals surface area contributed by atoms with Gasteiger partial charge in [0.1, 0.15) is 5.82 Å². The second kappa shape index (κ2) is 7.44. The standard InChI is InChI=1S/C21H23N5O2/c1-24-9-11-26(12-10-24)19-13-15(7-8-22-19)23-21(28)17-14-20(27)25(2)18-6-4-3-5-16(17)18/h3-8,13-14H,9-12H2,1-2H3,(H,22,23,28). The lowest BCUT2D eigenvalue weighted by Crippen LogP contribution is -2.44. The number of likely N-dealkylation sites (N-methyl/N-ethyl adjacent to an activating group) is 1. The molecule has 144 valence electrons. The zero-order valence-electron chi connectivity index (χ0n) is 16.1. The molecule has 0 unspecified atom stereocenters. The fraction of sp³-hybridized carbons (Fsp3) is 0.286. The van der Waals surface area contributed by atoms with E-state index in [1.54, 1.807) is 23.9 Å². The third-order valence-corrected chi connectivity index (χ3v) is 5.23. The van der Waals surface area contributed by atoms with Crippen LogP contribution in [0.1, 0.15) is 10.4 Å². The molecule has 1 saturated heterocycles. The topological polar surface area (TPSA) is 70.5 Å². The largest absolute Gasteiger partial charge is 0.354 e. The number of nitrogens with one attached hydrogen (secondary N) is 1. The van der Waals surface area contributed by atoms with Crippen molar-refractivity contribution >= 4 is 28.3 Å². The minimum atomic E-state index is -0.301. The highest BCUT2D eigenvalue weighted by Crippen LogP contribution is 2.21. The Balaban J connectivity index is 1.61. The van der Waals surface area contributed by atoms with Gasteiger partial charge >= 0.3 is 0 Å². The van der Waals surface area contributed by atoms with Crippen molar-refractivity contribution in [3.05, 3.63) is 64.6 Å². The summed E-state index contributed by atoms with van der Waals surface area (Å²) in [7, 11) is 3.81. The number of aromatic nitrogens is 2. The van der Waals surface area contributed by atoms with Gasteiger partial charge in [-0.25, -0.2) is 4.98 Å². The Hall–Kier alpha value is -3.19. The average molecular weight is 377 g/mol. The van der Waals surface area contributed by atoms with E-state index in [0.29, 0.717) is 11.3 Å². The van der Waals surface area contributed by atoms with E-state index in [4.69, 9.17) is 0 Å². The number of nitrogens with zero attached hydrogens (tertiary/aromatic N) is 4. The maximum absolute atomic E-state index is 12.9. The highest BCUT2D eigenvalue weighted by molar-refractivity contribution is 6.12. The summed E-state index contributed by atoms with van der Waals surface area (Å²) >= 11 is 0. The Morgan fingerprint density at radius 2 is 1.79 bits per heavy atom. The third kappa shape index (κ3) is 3.48. The number of fused-ring (bicyclic) bond motifs is 1. The van der Waals surface area contributed by atoms with Crippen molar-refractivity contribution in [1.29, 1.82) is 0 Å². The van der Waals surface area contributed by atoms with Crippen LogP contribution in [-0.4, -0.2) is 53.6 Å². The molecule has 1 N–H and O–H groups in total. The Kier molecular flexibility index (Phi) is 4.83.